The normalized spacial score (nSPS) is 9.87. The van der Waals surface area contributed by atoms with Crippen molar-refractivity contribution in [2.24, 2.45) is 0 Å². The molecule has 0 aliphatic rings. The number of nitrogens with zero attached hydrogens (tertiary/aromatic N) is 5. The third kappa shape index (κ3) is 1.83. The molecule has 0 saturated carbocycles. The largest absolute Gasteiger partial charge is 0.225 e. The lowest BCUT2D eigenvalue weighted by Crippen LogP contribution is -2.05. The molecule has 2 aromatic rings. The summed E-state index contributed by atoms with van der Waals surface area (Å²) in [5.74, 6) is 0.739. The smallest absolute Gasteiger partial charge is 0.148 e. The van der Waals surface area contributed by atoms with Gasteiger partial charge in [-0.15, -0.1) is 5.10 Å². The first-order valence-corrected chi connectivity index (χ1v) is 4.52. The number of benzene rings is 1. The average molecular weight is 199 g/mol. The third-order valence-corrected chi connectivity index (χ3v) is 2.17. The zero-order valence-electron chi connectivity index (χ0n) is 8.25. The van der Waals surface area contributed by atoms with Crippen LogP contribution in [0.25, 0.3) is 0 Å². The molecule has 15 heavy (non-hydrogen) atoms. The molecule has 0 spiro atoms. The van der Waals surface area contributed by atoms with Gasteiger partial charge in [0.15, 0.2) is 0 Å². The van der Waals surface area contributed by atoms with Crippen LogP contribution >= 0.6 is 0 Å². The second-order valence-electron chi connectivity index (χ2n) is 3.15. The van der Waals surface area contributed by atoms with E-state index in [4.69, 9.17) is 5.26 Å². The number of tetrazole rings is 1. The Kier molecular flexibility index (Phi) is 2.42. The summed E-state index contributed by atoms with van der Waals surface area (Å²) in [7, 11) is 0. The molecular formula is C10H9N5. The first kappa shape index (κ1) is 9.34. The minimum absolute atomic E-state index is 0.530. The van der Waals surface area contributed by atoms with Crippen LogP contribution in [0.2, 0.25) is 0 Å². The predicted molar refractivity (Wildman–Crippen MR) is 52.8 cm³/mol. The molecule has 0 N–H and O–H groups in total. The van der Waals surface area contributed by atoms with E-state index in [9.17, 15) is 0 Å². The van der Waals surface area contributed by atoms with E-state index in [1.165, 1.54) is 0 Å². The Morgan fingerprint density at radius 1 is 1.40 bits per heavy atom. The van der Waals surface area contributed by atoms with Gasteiger partial charge in [0.1, 0.15) is 5.82 Å². The van der Waals surface area contributed by atoms with Gasteiger partial charge >= 0.3 is 0 Å². The molecule has 0 amide bonds. The van der Waals surface area contributed by atoms with Crippen LogP contribution in [0.3, 0.4) is 0 Å². The van der Waals surface area contributed by atoms with Crippen molar-refractivity contribution in [1.82, 2.24) is 20.2 Å². The van der Waals surface area contributed by atoms with E-state index >= 15 is 0 Å². The fourth-order valence-electron chi connectivity index (χ4n) is 1.32. The van der Waals surface area contributed by atoms with Crippen LogP contribution in [-0.4, -0.2) is 20.2 Å². The summed E-state index contributed by atoms with van der Waals surface area (Å²) in [6, 6.07) is 9.58. The molecule has 1 aromatic carbocycles. The number of hydrogen-bond acceptors (Lipinski definition) is 4. The molecular weight excluding hydrogens is 190 g/mol. The second-order valence-corrected chi connectivity index (χ2v) is 3.15. The summed E-state index contributed by atoms with van der Waals surface area (Å²) in [5, 5.41) is 20.1. The first-order chi connectivity index (χ1) is 7.31. The van der Waals surface area contributed by atoms with Gasteiger partial charge in [0, 0.05) is 0 Å². The van der Waals surface area contributed by atoms with Crippen molar-refractivity contribution in [1.29, 1.82) is 5.26 Å². The number of rotatable bonds is 2. The first-order valence-electron chi connectivity index (χ1n) is 4.52. The Hall–Kier alpha value is -2.22. The molecule has 5 heteroatoms. The molecule has 74 valence electrons. The van der Waals surface area contributed by atoms with E-state index < -0.39 is 0 Å². The zero-order valence-corrected chi connectivity index (χ0v) is 8.25. The maximum atomic E-state index is 8.91. The van der Waals surface area contributed by atoms with Crippen molar-refractivity contribution in [3.63, 3.8) is 0 Å². The Labute approximate surface area is 87.0 Å². The lowest BCUT2D eigenvalue weighted by atomic mass is 10.1. The Balaban J connectivity index is 2.33. The van der Waals surface area contributed by atoms with Gasteiger partial charge in [-0.2, -0.15) is 5.26 Å². The summed E-state index contributed by atoms with van der Waals surface area (Å²) in [6.45, 7) is 2.36. The van der Waals surface area contributed by atoms with Gasteiger partial charge in [0.25, 0.3) is 0 Å². The molecule has 1 heterocycles. The highest BCUT2D eigenvalue weighted by molar-refractivity contribution is 5.37. The number of hydrogen-bond donors (Lipinski definition) is 0. The van der Waals surface area contributed by atoms with Gasteiger partial charge in [-0.05, 0) is 29.0 Å². The fraction of sp³-hybridized carbons (Fsp3) is 0.200. The van der Waals surface area contributed by atoms with Gasteiger partial charge in [0.05, 0.1) is 18.2 Å². The standard InChI is InChI=1S/C10H9N5/c1-8-12-13-14-15(8)7-10-5-3-2-4-9(10)6-11/h2-5H,7H2,1H3. The quantitative estimate of drug-likeness (QED) is 0.720. The van der Waals surface area contributed by atoms with Gasteiger partial charge in [-0.25, -0.2) is 4.68 Å². The molecule has 0 unspecified atom stereocenters. The molecule has 5 nitrogen and oxygen atoms in total. The summed E-state index contributed by atoms with van der Waals surface area (Å²) >= 11 is 0. The summed E-state index contributed by atoms with van der Waals surface area (Å²) < 4.78 is 1.66. The molecule has 0 radical (unpaired) electrons. The maximum absolute atomic E-state index is 8.91. The SMILES string of the molecule is Cc1nnnn1Cc1ccccc1C#N. The van der Waals surface area contributed by atoms with E-state index in [1.54, 1.807) is 10.7 Å². The number of aromatic nitrogens is 4. The van der Waals surface area contributed by atoms with Crippen molar-refractivity contribution >= 4 is 0 Å². The minimum Gasteiger partial charge on any atom is -0.225 e. The Morgan fingerprint density at radius 2 is 2.20 bits per heavy atom. The van der Waals surface area contributed by atoms with E-state index in [2.05, 4.69) is 21.6 Å². The molecule has 0 aliphatic heterocycles. The van der Waals surface area contributed by atoms with Crippen LogP contribution in [-0.2, 0) is 6.54 Å². The fourth-order valence-corrected chi connectivity index (χ4v) is 1.32. The monoisotopic (exact) mass is 199 g/mol. The van der Waals surface area contributed by atoms with Crippen LogP contribution < -0.4 is 0 Å². The van der Waals surface area contributed by atoms with Crippen molar-refractivity contribution in [2.45, 2.75) is 13.5 Å². The summed E-state index contributed by atoms with van der Waals surface area (Å²) in [5.41, 5.74) is 1.59. The van der Waals surface area contributed by atoms with Crippen LogP contribution in [0.1, 0.15) is 17.0 Å². The number of aryl methyl sites for hydroxylation is 1. The third-order valence-electron chi connectivity index (χ3n) is 2.17. The molecule has 0 bridgehead atoms. The molecule has 0 saturated heterocycles. The predicted octanol–water partition coefficient (Wildman–Crippen LogP) is 0.901. The highest BCUT2D eigenvalue weighted by Gasteiger charge is 2.04. The summed E-state index contributed by atoms with van der Waals surface area (Å²) in [6.07, 6.45) is 0. The Bertz CT molecular complexity index is 509. The molecule has 2 rings (SSSR count). The van der Waals surface area contributed by atoms with Crippen molar-refractivity contribution in [2.75, 3.05) is 0 Å². The molecule has 0 atom stereocenters. The molecule has 0 fully saturated rings. The van der Waals surface area contributed by atoms with Crippen molar-refractivity contribution in [3.8, 4) is 6.07 Å². The lowest BCUT2D eigenvalue weighted by Gasteiger charge is -2.03. The van der Waals surface area contributed by atoms with E-state index in [-0.39, 0.29) is 0 Å². The van der Waals surface area contributed by atoms with Crippen molar-refractivity contribution < 1.29 is 0 Å². The maximum Gasteiger partial charge on any atom is 0.148 e. The van der Waals surface area contributed by atoms with Gasteiger partial charge in [0.2, 0.25) is 0 Å². The second kappa shape index (κ2) is 3.88. The Morgan fingerprint density at radius 3 is 2.87 bits per heavy atom. The van der Waals surface area contributed by atoms with Crippen LogP contribution in [0.15, 0.2) is 24.3 Å². The van der Waals surface area contributed by atoms with Gasteiger partial charge in [-0.1, -0.05) is 18.2 Å². The summed E-state index contributed by atoms with van der Waals surface area (Å²) in [4.78, 5) is 0. The average Bonchev–Trinajstić information content (AvgIpc) is 2.65. The zero-order chi connectivity index (χ0) is 10.7. The van der Waals surface area contributed by atoms with Crippen molar-refractivity contribution in [3.05, 3.63) is 41.2 Å². The van der Waals surface area contributed by atoms with Crippen LogP contribution in [0, 0.1) is 18.3 Å². The topological polar surface area (TPSA) is 67.4 Å². The van der Waals surface area contributed by atoms with Gasteiger partial charge in [-0.3, -0.25) is 0 Å². The van der Waals surface area contributed by atoms with E-state index in [1.807, 2.05) is 25.1 Å². The molecule has 0 aliphatic carbocycles. The number of nitriles is 1. The van der Waals surface area contributed by atoms with E-state index in [0.717, 1.165) is 11.4 Å². The van der Waals surface area contributed by atoms with Crippen LogP contribution in [0.5, 0.6) is 0 Å². The highest BCUT2D eigenvalue weighted by atomic mass is 15.5. The van der Waals surface area contributed by atoms with Crippen LogP contribution in [0.4, 0.5) is 0 Å². The highest BCUT2D eigenvalue weighted by Crippen LogP contribution is 2.08. The van der Waals surface area contributed by atoms with E-state index in [0.29, 0.717) is 12.1 Å². The minimum atomic E-state index is 0.530. The van der Waals surface area contributed by atoms with Gasteiger partial charge < -0.3 is 0 Å². The lowest BCUT2D eigenvalue weighted by molar-refractivity contribution is 0.632. The molecule has 1 aromatic heterocycles.